The molecule has 3 rings (SSSR count). The summed E-state index contributed by atoms with van der Waals surface area (Å²) in [6, 6.07) is 9.90. The van der Waals surface area contributed by atoms with Crippen LogP contribution in [-0.4, -0.2) is 54.0 Å². The van der Waals surface area contributed by atoms with Gasteiger partial charge in [0.15, 0.2) is 0 Å². The predicted molar refractivity (Wildman–Crippen MR) is 86.7 cm³/mol. The smallest absolute Gasteiger partial charge is 0.242 e. The highest BCUT2D eigenvalue weighted by molar-refractivity contribution is 5.85. The normalized spacial score (nSPS) is 25.5. The van der Waals surface area contributed by atoms with Gasteiger partial charge in [0.05, 0.1) is 25.3 Å². The second kappa shape index (κ2) is 7.13. The Morgan fingerprint density at radius 3 is 2.78 bits per heavy atom. The number of hydrogen-bond acceptors (Lipinski definition) is 3. The summed E-state index contributed by atoms with van der Waals surface area (Å²) >= 11 is 0. The molecule has 0 radical (unpaired) electrons. The molecule has 2 amide bonds. The van der Waals surface area contributed by atoms with Crippen molar-refractivity contribution in [1.29, 1.82) is 0 Å². The lowest BCUT2D eigenvalue weighted by molar-refractivity contribution is -0.150. The van der Waals surface area contributed by atoms with Crippen molar-refractivity contribution in [3.8, 4) is 0 Å². The fourth-order valence-electron chi connectivity index (χ4n) is 3.31. The van der Waals surface area contributed by atoms with Gasteiger partial charge < -0.3 is 14.5 Å². The van der Waals surface area contributed by atoms with E-state index in [1.165, 1.54) is 0 Å². The fourth-order valence-corrected chi connectivity index (χ4v) is 3.31. The number of amides is 2. The number of benzene rings is 1. The van der Waals surface area contributed by atoms with Gasteiger partial charge in [-0.15, -0.1) is 0 Å². The van der Waals surface area contributed by atoms with Crippen LogP contribution >= 0.6 is 0 Å². The zero-order chi connectivity index (χ0) is 16.2. The van der Waals surface area contributed by atoms with E-state index in [9.17, 15) is 9.59 Å². The van der Waals surface area contributed by atoms with E-state index in [1.807, 2.05) is 42.2 Å². The van der Waals surface area contributed by atoms with Crippen molar-refractivity contribution in [2.75, 3.05) is 26.2 Å². The number of carbonyl (C=O) groups excluding carboxylic acids is 2. The number of carbonyl (C=O) groups is 2. The molecule has 2 aliphatic rings. The fraction of sp³-hybridized carbons (Fsp3) is 0.556. The van der Waals surface area contributed by atoms with Crippen molar-refractivity contribution in [2.24, 2.45) is 0 Å². The van der Waals surface area contributed by atoms with Crippen molar-refractivity contribution >= 4 is 11.8 Å². The van der Waals surface area contributed by atoms with Crippen molar-refractivity contribution in [3.63, 3.8) is 0 Å². The van der Waals surface area contributed by atoms with E-state index in [0.29, 0.717) is 26.1 Å². The van der Waals surface area contributed by atoms with Crippen LogP contribution in [0.25, 0.3) is 0 Å². The maximum absolute atomic E-state index is 12.8. The molecule has 0 aromatic heterocycles. The number of rotatable bonds is 3. The van der Waals surface area contributed by atoms with Crippen LogP contribution < -0.4 is 0 Å². The number of nitrogens with zero attached hydrogens (tertiary/aromatic N) is 2. The Morgan fingerprint density at radius 1 is 1.26 bits per heavy atom. The molecule has 0 aliphatic carbocycles. The zero-order valence-corrected chi connectivity index (χ0v) is 13.6. The van der Waals surface area contributed by atoms with Gasteiger partial charge in [-0.05, 0) is 25.3 Å². The van der Waals surface area contributed by atoms with Gasteiger partial charge in [-0.1, -0.05) is 30.3 Å². The molecule has 2 atom stereocenters. The van der Waals surface area contributed by atoms with Gasteiger partial charge >= 0.3 is 0 Å². The monoisotopic (exact) mass is 316 g/mol. The lowest BCUT2D eigenvalue weighted by Gasteiger charge is -2.40. The highest BCUT2D eigenvalue weighted by Crippen LogP contribution is 2.26. The van der Waals surface area contributed by atoms with E-state index in [4.69, 9.17) is 4.74 Å². The second-order valence-corrected chi connectivity index (χ2v) is 6.39. The average molecular weight is 316 g/mol. The third-order valence-electron chi connectivity index (χ3n) is 4.62. The van der Waals surface area contributed by atoms with Crippen molar-refractivity contribution < 1.29 is 14.3 Å². The first kappa shape index (κ1) is 16.0. The molecule has 5 heteroatoms. The molecule has 0 spiro atoms. The van der Waals surface area contributed by atoms with E-state index in [1.54, 1.807) is 4.90 Å². The minimum absolute atomic E-state index is 0.0178. The average Bonchev–Trinajstić information content (AvgIpc) is 2.57. The molecule has 23 heavy (non-hydrogen) atoms. The minimum atomic E-state index is -0.0696. The summed E-state index contributed by atoms with van der Waals surface area (Å²) in [5, 5.41) is 0. The number of hydrogen-bond donors (Lipinski definition) is 0. The molecule has 2 aliphatic heterocycles. The molecule has 0 bridgehead atoms. The summed E-state index contributed by atoms with van der Waals surface area (Å²) in [7, 11) is 0. The first-order valence-corrected chi connectivity index (χ1v) is 8.39. The molecule has 2 heterocycles. The Kier molecular flexibility index (Phi) is 4.96. The van der Waals surface area contributed by atoms with Crippen LogP contribution in [0.2, 0.25) is 0 Å². The van der Waals surface area contributed by atoms with E-state index in [0.717, 1.165) is 18.4 Å². The molecular formula is C18H24N2O3. The Hall–Kier alpha value is -1.88. The van der Waals surface area contributed by atoms with E-state index in [2.05, 4.69) is 0 Å². The standard InChI is InChI=1S/C18H24N2O3/c1-14-11-20(16(13-23-14)15-7-3-2-4-8-15)18(22)12-19-10-6-5-9-17(19)21/h2-4,7-8,14,16H,5-6,9-13H2,1H3. The topological polar surface area (TPSA) is 49.9 Å². The summed E-state index contributed by atoms with van der Waals surface area (Å²) in [5.74, 6) is 0.117. The van der Waals surface area contributed by atoms with Crippen LogP contribution in [0.3, 0.4) is 0 Å². The minimum Gasteiger partial charge on any atom is -0.374 e. The number of piperidine rings is 1. The molecule has 124 valence electrons. The molecule has 0 N–H and O–H groups in total. The second-order valence-electron chi connectivity index (χ2n) is 6.39. The summed E-state index contributed by atoms with van der Waals surface area (Å²) in [4.78, 5) is 28.4. The Morgan fingerprint density at radius 2 is 2.04 bits per heavy atom. The third-order valence-corrected chi connectivity index (χ3v) is 4.62. The summed E-state index contributed by atoms with van der Waals surface area (Å²) in [6.45, 7) is 3.94. The van der Waals surface area contributed by atoms with Gasteiger partial charge in [-0.2, -0.15) is 0 Å². The van der Waals surface area contributed by atoms with Crippen LogP contribution in [0.4, 0.5) is 0 Å². The summed E-state index contributed by atoms with van der Waals surface area (Å²) in [5.41, 5.74) is 1.08. The molecule has 5 nitrogen and oxygen atoms in total. The molecule has 2 saturated heterocycles. The van der Waals surface area contributed by atoms with Crippen LogP contribution in [-0.2, 0) is 14.3 Å². The summed E-state index contributed by atoms with van der Waals surface area (Å²) < 4.78 is 5.76. The van der Waals surface area contributed by atoms with Gasteiger partial charge in [-0.3, -0.25) is 9.59 Å². The van der Waals surface area contributed by atoms with Gasteiger partial charge in [0.1, 0.15) is 0 Å². The largest absolute Gasteiger partial charge is 0.374 e. The molecule has 2 unspecified atom stereocenters. The van der Waals surface area contributed by atoms with Crippen LogP contribution in [0, 0.1) is 0 Å². The zero-order valence-electron chi connectivity index (χ0n) is 13.6. The molecule has 1 aromatic rings. The molecule has 1 aromatic carbocycles. The first-order chi connectivity index (χ1) is 11.1. The summed E-state index contributed by atoms with van der Waals surface area (Å²) in [6.07, 6.45) is 2.51. The number of ether oxygens (including phenoxy) is 1. The number of likely N-dealkylation sites (tertiary alicyclic amines) is 1. The van der Waals surface area contributed by atoms with E-state index in [-0.39, 0.29) is 30.5 Å². The molecule has 0 saturated carbocycles. The Labute approximate surface area is 137 Å². The Balaban J connectivity index is 1.73. The van der Waals surface area contributed by atoms with Gasteiger partial charge in [-0.25, -0.2) is 0 Å². The van der Waals surface area contributed by atoms with Gasteiger partial charge in [0.2, 0.25) is 11.8 Å². The third kappa shape index (κ3) is 3.72. The van der Waals surface area contributed by atoms with Crippen molar-refractivity contribution in [1.82, 2.24) is 9.80 Å². The van der Waals surface area contributed by atoms with Gasteiger partial charge in [0, 0.05) is 19.5 Å². The van der Waals surface area contributed by atoms with Gasteiger partial charge in [0.25, 0.3) is 0 Å². The maximum Gasteiger partial charge on any atom is 0.242 e. The maximum atomic E-state index is 12.8. The highest BCUT2D eigenvalue weighted by Gasteiger charge is 2.33. The van der Waals surface area contributed by atoms with E-state index >= 15 is 0 Å². The Bertz CT molecular complexity index is 561. The lowest BCUT2D eigenvalue weighted by atomic mass is 10.0. The van der Waals surface area contributed by atoms with E-state index < -0.39 is 0 Å². The molecule has 2 fully saturated rings. The van der Waals surface area contributed by atoms with Crippen LogP contribution in [0.15, 0.2) is 30.3 Å². The highest BCUT2D eigenvalue weighted by atomic mass is 16.5. The SMILES string of the molecule is CC1CN(C(=O)CN2CCCCC2=O)C(c2ccccc2)CO1. The predicted octanol–water partition coefficient (Wildman–Crippen LogP) is 1.99. The lowest BCUT2D eigenvalue weighted by Crippen LogP contribution is -2.51. The first-order valence-electron chi connectivity index (χ1n) is 8.39. The van der Waals surface area contributed by atoms with Crippen molar-refractivity contribution in [3.05, 3.63) is 35.9 Å². The van der Waals surface area contributed by atoms with Crippen molar-refractivity contribution in [2.45, 2.75) is 38.3 Å². The quantitative estimate of drug-likeness (QED) is 0.857. The van der Waals surface area contributed by atoms with Crippen LogP contribution in [0.1, 0.15) is 37.8 Å². The molecular weight excluding hydrogens is 292 g/mol. The van der Waals surface area contributed by atoms with Crippen LogP contribution in [0.5, 0.6) is 0 Å². The number of morpholine rings is 1.